The lowest BCUT2D eigenvalue weighted by atomic mass is 10.2. The topological polar surface area (TPSA) is 67.2 Å². The van der Waals surface area contributed by atoms with Crippen LogP contribution in [-0.4, -0.2) is 33.7 Å². The van der Waals surface area contributed by atoms with E-state index in [2.05, 4.69) is 22.4 Å². The highest BCUT2D eigenvalue weighted by Crippen LogP contribution is 2.30. The summed E-state index contributed by atoms with van der Waals surface area (Å²) < 4.78 is 2.02. The van der Waals surface area contributed by atoms with Gasteiger partial charge in [-0.25, -0.2) is 4.98 Å². The molecule has 136 valence electrons. The second-order valence-electron chi connectivity index (χ2n) is 6.16. The van der Waals surface area contributed by atoms with E-state index in [1.807, 2.05) is 47.2 Å². The highest BCUT2D eigenvalue weighted by molar-refractivity contribution is 7.99. The van der Waals surface area contributed by atoms with Crippen LogP contribution < -0.4 is 10.2 Å². The van der Waals surface area contributed by atoms with Crippen LogP contribution >= 0.6 is 11.8 Å². The van der Waals surface area contributed by atoms with Crippen LogP contribution in [0.4, 0.5) is 11.4 Å². The first-order valence-electron chi connectivity index (χ1n) is 8.58. The van der Waals surface area contributed by atoms with Gasteiger partial charge in [-0.3, -0.25) is 9.59 Å². The number of amides is 2. The van der Waals surface area contributed by atoms with Gasteiger partial charge in [-0.2, -0.15) is 0 Å². The lowest BCUT2D eigenvalue weighted by Gasteiger charge is -2.29. The first kappa shape index (κ1) is 17.4. The van der Waals surface area contributed by atoms with Crippen LogP contribution in [0.1, 0.15) is 5.56 Å². The number of hydrogen-bond donors (Lipinski definition) is 1. The largest absolute Gasteiger partial charge is 0.323 e. The molecule has 0 saturated heterocycles. The van der Waals surface area contributed by atoms with Crippen LogP contribution in [0.2, 0.25) is 0 Å². The van der Waals surface area contributed by atoms with E-state index >= 15 is 0 Å². The molecular weight excluding hydrogens is 360 g/mol. The lowest BCUT2D eigenvalue weighted by Crippen LogP contribution is -2.43. The number of nitrogens with one attached hydrogen (secondary N) is 1. The number of nitrogens with zero attached hydrogens (tertiary/aromatic N) is 3. The van der Waals surface area contributed by atoms with Gasteiger partial charge >= 0.3 is 0 Å². The van der Waals surface area contributed by atoms with Crippen molar-refractivity contribution in [1.29, 1.82) is 0 Å². The third-order valence-electron chi connectivity index (χ3n) is 4.27. The average Bonchev–Trinajstić information content (AvgIpc) is 3.13. The Morgan fingerprint density at radius 3 is 2.74 bits per heavy atom. The minimum atomic E-state index is -0.183. The van der Waals surface area contributed by atoms with Gasteiger partial charge in [0.25, 0.3) is 0 Å². The molecule has 3 aromatic rings. The molecule has 0 atom stereocenters. The molecule has 0 unspecified atom stereocenters. The van der Waals surface area contributed by atoms with E-state index in [4.69, 9.17) is 0 Å². The van der Waals surface area contributed by atoms with Crippen LogP contribution in [0.3, 0.4) is 0 Å². The molecule has 1 aliphatic rings. The second-order valence-corrected chi connectivity index (χ2v) is 7.10. The van der Waals surface area contributed by atoms with E-state index in [0.29, 0.717) is 12.2 Å². The first-order chi connectivity index (χ1) is 13.2. The molecule has 7 heteroatoms. The van der Waals surface area contributed by atoms with Crippen molar-refractivity contribution in [3.8, 4) is 0 Å². The summed E-state index contributed by atoms with van der Waals surface area (Å²) in [5.41, 5.74) is 2.57. The summed E-state index contributed by atoms with van der Waals surface area (Å²) in [6.45, 7) is 0.737. The fraction of sp³-hybridized carbons (Fsp3) is 0.150. The Bertz CT molecular complexity index is 971. The highest BCUT2D eigenvalue weighted by atomic mass is 32.2. The van der Waals surface area contributed by atoms with E-state index in [0.717, 1.165) is 10.8 Å². The maximum Gasteiger partial charge on any atom is 0.244 e. The summed E-state index contributed by atoms with van der Waals surface area (Å²) >= 11 is 1.38. The highest BCUT2D eigenvalue weighted by Gasteiger charge is 2.26. The zero-order valence-electron chi connectivity index (χ0n) is 14.5. The van der Waals surface area contributed by atoms with Gasteiger partial charge in [0.05, 0.1) is 17.1 Å². The smallest absolute Gasteiger partial charge is 0.244 e. The molecule has 0 aliphatic carbocycles. The Balaban J connectivity index is 1.45. The van der Waals surface area contributed by atoms with Crippen molar-refractivity contribution in [2.75, 3.05) is 22.5 Å². The minimum absolute atomic E-state index is 0.0366. The molecule has 0 fully saturated rings. The van der Waals surface area contributed by atoms with Gasteiger partial charge in [0.1, 0.15) is 6.54 Å². The molecule has 2 aromatic carbocycles. The Kier molecular flexibility index (Phi) is 4.93. The average molecular weight is 378 g/mol. The number of thioether (sulfide) groups is 1. The molecule has 2 amide bonds. The Morgan fingerprint density at radius 2 is 1.89 bits per heavy atom. The molecule has 6 nitrogen and oxygen atoms in total. The third-order valence-corrected chi connectivity index (χ3v) is 5.26. The van der Waals surface area contributed by atoms with Crippen molar-refractivity contribution < 1.29 is 9.59 Å². The number of imidazole rings is 1. The molecule has 1 aromatic heterocycles. The summed E-state index contributed by atoms with van der Waals surface area (Å²) in [6, 6.07) is 17.4. The van der Waals surface area contributed by atoms with Crippen LogP contribution in [0, 0.1) is 0 Å². The third kappa shape index (κ3) is 3.88. The number of hydrogen-bond acceptors (Lipinski definition) is 4. The summed E-state index contributed by atoms with van der Waals surface area (Å²) in [7, 11) is 0. The minimum Gasteiger partial charge on any atom is -0.323 e. The standard InChI is InChI=1S/C20H18N4O2S/c25-18-13-24(17-9-5-4-8-16(17)22-18)19(26)14-27-20-21-10-11-23(20)12-15-6-2-1-3-7-15/h1-11H,12-14H2,(H,22,25). The molecular formula is C20H18N4O2S. The molecule has 27 heavy (non-hydrogen) atoms. The van der Waals surface area contributed by atoms with Crippen molar-refractivity contribution in [1.82, 2.24) is 9.55 Å². The number of anilines is 2. The van der Waals surface area contributed by atoms with Crippen LogP contribution in [0.15, 0.2) is 72.1 Å². The predicted octanol–water partition coefficient (Wildman–Crippen LogP) is 3.01. The van der Waals surface area contributed by atoms with E-state index in [-0.39, 0.29) is 24.1 Å². The van der Waals surface area contributed by atoms with Crippen LogP contribution in [0.25, 0.3) is 0 Å². The Labute approximate surface area is 161 Å². The van der Waals surface area contributed by atoms with Gasteiger partial charge in [-0.15, -0.1) is 0 Å². The molecule has 0 saturated carbocycles. The molecule has 2 heterocycles. The first-order valence-corrected chi connectivity index (χ1v) is 9.56. The molecule has 1 aliphatic heterocycles. The summed E-state index contributed by atoms with van der Waals surface area (Å²) in [6.07, 6.45) is 3.64. The van der Waals surface area contributed by atoms with Gasteiger partial charge in [0, 0.05) is 18.9 Å². The van der Waals surface area contributed by atoms with Crippen molar-refractivity contribution in [3.63, 3.8) is 0 Å². The molecule has 0 bridgehead atoms. The van der Waals surface area contributed by atoms with Gasteiger partial charge in [0.15, 0.2) is 5.16 Å². The zero-order chi connectivity index (χ0) is 18.6. The normalized spacial score (nSPS) is 13.2. The maximum atomic E-state index is 12.8. The monoisotopic (exact) mass is 378 g/mol. The van der Waals surface area contributed by atoms with Gasteiger partial charge < -0.3 is 14.8 Å². The fourth-order valence-electron chi connectivity index (χ4n) is 3.00. The number of rotatable bonds is 5. The van der Waals surface area contributed by atoms with Gasteiger partial charge in [0.2, 0.25) is 11.8 Å². The van der Waals surface area contributed by atoms with Gasteiger partial charge in [-0.05, 0) is 17.7 Å². The van der Waals surface area contributed by atoms with E-state index in [1.54, 1.807) is 12.3 Å². The SMILES string of the molecule is O=C1CN(C(=O)CSc2nccn2Cc2ccccc2)c2ccccc2N1. The number of fused-ring (bicyclic) bond motifs is 1. The second kappa shape index (κ2) is 7.67. The van der Waals surface area contributed by atoms with E-state index in [9.17, 15) is 9.59 Å². The van der Waals surface area contributed by atoms with Crippen molar-refractivity contribution in [3.05, 3.63) is 72.6 Å². The predicted molar refractivity (Wildman–Crippen MR) is 106 cm³/mol. The van der Waals surface area contributed by atoms with Crippen molar-refractivity contribution >= 4 is 35.0 Å². The molecule has 4 rings (SSSR count). The number of carbonyl (C=O) groups is 2. The van der Waals surface area contributed by atoms with Gasteiger partial charge in [-0.1, -0.05) is 54.2 Å². The number of carbonyl (C=O) groups excluding carboxylic acids is 2. The Hall–Kier alpha value is -3.06. The Morgan fingerprint density at radius 1 is 1.11 bits per heavy atom. The number of benzene rings is 2. The number of aromatic nitrogens is 2. The molecule has 0 spiro atoms. The van der Waals surface area contributed by atoms with E-state index in [1.165, 1.54) is 22.2 Å². The van der Waals surface area contributed by atoms with Crippen molar-refractivity contribution in [2.45, 2.75) is 11.7 Å². The van der Waals surface area contributed by atoms with Crippen LogP contribution in [0.5, 0.6) is 0 Å². The quantitative estimate of drug-likeness (QED) is 0.693. The summed E-state index contributed by atoms with van der Waals surface area (Å²) in [4.78, 5) is 30.6. The molecule has 0 radical (unpaired) electrons. The lowest BCUT2D eigenvalue weighted by molar-refractivity contribution is -0.120. The zero-order valence-corrected chi connectivity index (χ0v) is 15.4. The van der Waals surface area contributed by atoms with Crippen molar-refractivity contribution in [2.24, 2.45) is 0 Å². The number of para-hydroxylation sites is 2. The fourth-order valence-corrected chi connectivity index (χ4v) is 3.83. The maximum absolute atomic E-state index is 12.8. The molecule has 1 N–H and O–H groups in total. The summed E-state index contributed by atoms with van der Waals surface area (Å²) in [5, 5.41) is 3.57. The van der Waals surface area contributed by atoms with E-state index < -0.39 is 0 Å². The van der Waals surface area contributed by atoms with Crippen LogP contribution in [-0.2, 0) is 16.1 Å². The summed E-state index contributed by atoms with van der Waals surface area (Å²) in [5.74, 6) is -0.0814.